The van der Waals surface area contributed by atoms with Gasteiger partial charge in [0, 0.05) is 76.6 Å². The second-order valence-electron chi connectivity index (χ2n) is 9.55. The van der Waals surface area contributed by atoms with Gasteiger partial charge in [-0.25, -0.2) is 0 Å². The van der Waals surface area contributed by atoms with Crippen molar-refractivity contribution in [2.45, 2.75) is 12.8 Å². The third-order valence-electron chi connectivity index (χ3n) is 7.15. The summed E-state index contributed by atoms with van der Waals surface area (Å²) in [5.41, 5.74) is 9.24. The molecule has 178 valence electrons. The summed E-state index contributed by atoms with van der Waals surface area (Å²) in [5, 5.41) is 9.26. The summed E-state index contributed by atoms with van der Waals surface area (Å²) in [5.74, 6) is 1.99. The van der Waals surface area contributed by atoms with Crippen molar-refractivity contribution in [2.75, 3.05) is 26.2 Å². The number of aliphatic imine (C=N–C) groups is 2. The Hall–Kier alpha value is -4.32. The van der Waals surface area contributed by atoms with Gasteiger partial charge >= 0.3 is 0 Å². The molecular formula is C30H28N6. The lowest BCUT2D eigenvalue weighted by Crippen LogP contribution is -2.30. The highest BCUT2D eigenvalue weighted by atomic mass is 15.0. The number of nitrogens with zero attached hydrogens (tertiary/aromatic N) is 2. The molecule has 0 radical (unpaired) electrons. The average Bonchev–Trinajstić information content (AvgIpc) is 3.58. The Bertz CT molecular complexity index is 1630. The Balaban J connectivity index is 1.17. The molecule has 0 unspecified atom stereocenters. The van der Waals surface area contributed by atoms with Crippen molar-refractivity contribution in [1.82, 2.24) is 20.6 Å². The minimum absolute atomic E-state index is 0.896. The average molecular weight is 473 g/mol. The Morgan fingerprint density at radius 1 is 0.611 bits per heavy atom. The van der Waals surface area contributed by atoms with Gasteiger partial charge in [0.15, 0.2) is 0 Å². The zero-order valence-corrected chi connectivity index (χ0v) is 20.1. The van der Waals surface area contributed by atoms with Crippen LogP contribution in [0.1, 0.15) is 24.0 Å². The van der Waals surface area contributed by atoms with E-state index in [1.807, 2.05) is 0 Å². The summed E-state index contributed by atoms with van der Waals surface area (Å²) in [7, 11) is 0. The molecule has 0 saturated carbocycles. The fourth-order valence-corrected chi connectivity index (χ4v) is 5.22. The first-order valence-corrected chi connectivity index (χ1v) is 12.7. The predicted octanol–water partition coefficient (Wildman–Crippen LogP) is 5.46. The predicted molar refractivity (Wildman–Crippen MR) is 149 cm³/mol. The van der Waals surface area contributed by atoms with Gasteiger partial charge in [0.05, 0.1) is 0 Å². The van der Waals surface area contributed by atoms with Crippen LogP contribution in [0.2, 0.25) is 0 Å². The Morgan fingerprint density at radius 2 is 1.25 bits per heavy atom. The van der Waals surface area contributed by atoms with Gasteiger partial charge in [0.25, 0.3) is 0 Å². The molecule has 4 heterocycles. The maximum Gasteiger partial charge on any atom is 0.128 e. The van der Waals surface area contributed by atoms with Crippen LogP contribution in [-0.4, -0.2) is 47.8 Å². The Morgan fingerprint density at radius 3 is 1.94 bits per heavy atom. The topological polar surface area (TPSA) is 80.4 Å². The van der Waals surface area contributed by atoms with Gasteiger partial charge in [-0.3, -0.25) is 9.98 Å². The lowest BCUT2D eigenvalue weighted by atomic mass is 10.0. The fourth-order valence-electron chi connectivity index (χ4n) is 5.22. The summed E-state index contributed by atoms with van der Waals surface area (Å²) in [6.45, 7) is 3.77. The summed E-state index contributed by atoms with van der Waals surface area (Å²) in [6, 6.07) is 24.1. The molecule has 4 N–H and O–H groups in total. The molecule has 6 heteroatoms. The van der Waals surface area contributed by atoms with Crippen LogP contribution in [0.15, 0.2) is 82.9 Å². The molecule has 0 bridgehead atoms. The summed E-state index contributed by atoms with van der Waals surface area (Å²) < 4.78 is 0. The maximum absolute atomic E-state index is 4.64. The quantitative estimate of drug-likeness (QED) is 0.280. The number of benzene rings is 3. The number of aromatic amines is 2. The summed E-state index contributed by atoms with van der Waals surface area (Å²) >= 11 is 0. The minimum Gasteiger partial charge on any atom is -0.370 e. The van der Waals surface area contributed by atoms with Crippen molar-refractivity contribution in [2.24, 2.45) is 9.98 Å². The van der Waals surface area contributed by atoms with Crippen LogP contribution in [0, 0.1) is 0 Å². The molecule has 7 rings (SSSR count). The number of aromatic nitrogens is 2. The number of rotatable bonds is 4. The van der Waals surface area contributed by atoms with Crippen molar-refractivity contribution in [3.8, 4) is 22.4 Å². The molecule has 0 amide bonds. The second kappa shape index (κ2) is 8.72. The van der Waals surface area contributed by atoms with Crippen molar-refractivity contribution < 1.29 is 0 Å². The standard InChI is InChI=1S/C30H28N6/c1-11-31-29(32-12-1)22-8-7-21-15-26(36-27(21)16-22)20-5-3-19(4-6-20)25-18-35-28-17-23(9-10-24(25)28)30-33-13-2-14-34-30/h3-10,15-18,35-36H,1-2,11-14H2,(H,31,32)(H,33,34). The molecule has 2 aromatic heterocycles. The zero-order valence-electron chi connectivity index (χ0n) is 20.1. The van der Waals surface area contributed by atoms with Crippen LogP contribution < -0.4 is 10.6 Å². The third kappa shape index (κ3) is 3.75. The van der Waals surface area contributed by atoms with Gasteiger partial charge in [0.2, 0.25) is 0 Å². The SMILES string of the molecule is c1cc2cc(-c3ccc(-c4c[nH]c5cc(C6=NCCCN6)ccc45)cc3)[nH]c2cc1C1=NCCCN1. The third-order valence-corrected chi connectivity index (χ3v) is 7.15. The highest BCUT2D eigenvalue weighted by Crippen LogP contribution is 2.32. The number of hydrogen-bond donors (Lipinski definition) is 4. The van der Waals surface area contributed by atoms with Crippen LogP contribution in [0.25, 0.3) is 44.2 Å². The largest absolute Gasteiger partial charge is 0.370 e. The van der Waals surface area contributed by atoms with Crippen LogP contribution in [0.4, 0.5) is 0 Å². The number of amidine groups is 2. The molecule has 0 fully saturated rings. The molecule has 0 aliphatic carbocycles. The van der Waals surface area contributed by atoms with E-state index in [1.54, 1.807) is 0 Å². The van der Waals surface area contributed by atoms with E-state index in [1.165, 1.54) is 27.5 Å². The van der Waals surface area contributed by atoms with Crippen molar-refractivity contribution >= 4 is 33.5 Å². The molecule has 0 atom stereocenters. The van der Waals surface area contributed by atoms with E-state index in [9.17, 15) is 0 Å². The van der Waals surface area contributed by atoms with E-state index in [2.05, 4.69) is 104 Å². The highest BCUT2D eigenvalue weighted by Gasteiger charge is 2.13. The lowest BCUT2D eigenvalue weighted by molar-refractivity contribution is 0.742. The van der Waals surface area contributed by atoms with Gasteiger partial charge in [-0.1, -0.05) is 48.5 Å². The number of H-pyrrole nitrogens is 2. The molecule has 36 heavy (non-hydrogen) atoms. The van der Waals surface area contributed by atoms with E-state index < -0.39 is 0 Å². The van der Waals surface area contributed by atoms with E-state index in [0.29, 0.717) is 0 Å². The van der Waals surface area contributed by atoms with Crippen LogP contribution in [0.3, 0.4) is 0 Å². The molecule has 3 aromatic carbocycles. The van der Waals surface area contributed by atoms with Crippen LogP contribution >= 0.6 is 0 Å². The van der Waals surface area contributed by atoms with Gasteiger partial charge in [-0.2, -0.15) is 0 Å². The minimum atomic E-state index is 0.896. The Kier molecular flexibility index (Phi) is 5.09. The van der Waals surface area contributed by atoms with E-state index in [0.717, 1.165) is 78.5 Å². The molecule has 5 aromatic rings. The summed E-state index contributed by atoms with van der Waals surface area (Å²) in [6.07, 6.45) is 4.30. The van der Waals surface area contributed by atoms with Crippen molar-refractivity contribution in [1.29, 1.82) is 0 Å². The first-order chi connectivity index (χ1) is 17.8. The number of fused-ring (bicyclic) bond motifs is 2. The molecule has 2 aliphatic heterocycles. The first-order valence-electron chi connectivity index (χ1n) is 12.7. The van der Waals surface area contributed by atoms with E-state index >= 15 is 0 Å². The fraction of sp³-hybridized carbons (Fsp3) is 0.200. The van der Waals surface area contributed by atoms with Gasteiger partial charge in [-0.05, 0) is 42.2 Å². The van der Waals surface area contributed by atoms with Crippen molar-refractivity contribution in [3.63, 3.8) is 0 Å². The Labute approximate surface area is 209 Å². The zero-order chi connectivity index (χ0) is 23.9. The maximum atomic E-state index is 4.64. The highest BCUT2D eigenvalue weighted by molar-refractivity contribution is 6.05. The molecule has 2 aliphatic rings. The monoisotopic (exact) mass is 472 g/mol. The lowest BCUT2D eigenvalue weighted by Gasteiger charge is -2.14. The van der Waals surface area contributed by atoms with Gasteiger partial charge in [-0.15, -0.1) is 0 Å². The molecule has 0 saturated heterocycles. The van der Waals surface area contributed by atoms with Crippen LogP contribution in [-0.2, 0) is 0 Å². The number of nitrogens with one attached hydrogen (secondary N) is 4. The smallest absolute Gasteiger partial charge is 0.128 e. The van der Waals surface area contributed by atoms with Crippen LogP contribution in [0.5, 0.6) is 0 Å². The summed E-state index contributed by atoms with van der Waals surface area (Å²) in [4.78, 5) is 16.3. The van der Waals surface area contributed by atoms with Gasteiger partial charge < -0.3 is 20.6 Å². The molecular weight excluding hydrogens is 444 g/mol. The van der Waals surface area contributed by atoms with E-state index in [-0.39, 0.29) is 0 Å². The number of hydrogen-bond acceptors (Lipinski definition) is 4. The first kappa shape index (κ1) is 21.0. The molecule has 0 spiro atoms. The normalized spacial score (nSPS) is 15.9. The van der Waals surface area contributed by atoms with Gasteiger partial charge in [0.1, 0.15) is 11.7 Å². The van der Waals surface area contributed by atoms with E-state index in [4.69, 9.17) is 0 Å². The van der Waals surface area contributed by atoms with Crippen molar-refractivity contribution in [3.05, 3.63) is 84.1 Å². The molecule has 6 nitrogen and oxygen atoms in total. The second-order valence-corrected chi connectivity index (χ2v) is 9.55.